The molecule has 0 amide bonds. The van der Waals surface area contributed by atoms with Gasteiger partial charge < -0.3 is 15.3 Å². The number of aliphatic hydroxyl groups excluding tert-OH is 2. The first-order chi connectivity index (χ1) is 7.06. The Balaban J connectivity index is 2.81. The van der Waals surface area contributed by atoms with E-state index in [1.807, 2.05) is 0 Å². The van der Waals surface area contributed by atoms with Crippen LogP contribution in [0.2, 0.25) is 0 Å². The van der Waals surface area contributed by atoms with Crippen molar-refractivity contribution in [1.82, 2.24) is 0 Å². The van der Waals surface area contributed by atoms with Gasteiger partial charge in [-0.3, -0.25) is 0 Å². The Morgan fingerprint density at radius 2 is 2.00 bits per heavy atom. The highest BCUT2D eigenvalue weighted by molar-refractivity contribution is 9.09. The quantitative estimate of drug-likeness (QED) is 0.735. The zero-order valence-electron chi connectivity index (χ0n) is 7.90. The first-order valence-corrected chi connectivity index (χ1v) is 5.59. The van der Waals surface area contributed by atoms with Crippen molar-refractivity contribution in [3.63, 3.8) is 0 Å². The molecule has 0 saturated carbocycles. The van der Waals surface area contributed by atoms with Gasteiger partial charge in [-0.05, 0) is 24.1 Å². The minimum atomic E-state index is -1.14. The van der Waals surface area contributed by atoms with Crippen molar-refractivity contribution in [2.24, 2.45) is 0 Å². The number of aromatic hydroxyl groups is 1. The van der Waals surface area contributed by atoms with Crippen LogP contribution in [0.25, 0.3) is 0 Å². The summed E-state index contributed by atoms with van der Waals surface area (Å²) in [7, 11) is 0. The Morgan fingerprint density at radius 1 is 1.33 bits per heavy atom. The monoisotopic (exact) mass is 278 g/mol. The smallest absolute Gasteiger partial charge is 0.165 e. The van der Waals surface area contributed by atoms with Gasteiger partial charge >= 0.3 is 0 Å². The first kappa shape index (κ1) is 12.4. The summed E-state index contributed by atoms with van der Waals surface area (Å²) < 4.78 is 12.9. The summed E-state index contributed by atoms with van der Waals surface area (Å²) in [4.78, 5) is 0. The standard InChI is InChI=1S/C10H12BrFO3/c11-4-3-9(14)10(15)6-1-2-8(13)7(12)5-6/h1-2,5,9-10,13-15H,3-4H2. The van der Waals surface area contributed by atoms with E-state index >= 15 is 0 Å². The number of halogens is 2. The van der Waals surface area contributed by atoms with Gasteiger partial charge in [-0.1, -0.05) is 22.0 Å². The Hall–Kier alpha value is -0.650. The molecule has 1 rings (SSSR count). The molecule has 0 saturated heterocycles. The Labute approximate surface area is 95.3 Å². The van der Waals surface area contributed by atoms with Crippen molar-refractivity contribution in [2.45, 2.75) is 18.6 Å². The van der Waals surface area contributed by atoms with Gasteiger partial charge in [0.2, 0.25) is 0 Å². The highest BCUT2D eigenvalue weighted by atomic mass is 79.9. The van der Waals surface area contributed by atoms with Crippen molar-refractivity contribution >= 4 is 15.9 Å². The summed E-state index contributed by atoms with van der Waals surface area (Å²) in [5, 5.41) is 28.6. The van der Waals surface area contributed by atoms with Gasteiger partial charge in [0.1, 0.15) is 6.10 Å². The van der Waals surface area contributed by atoms with Crippen LogP contribution in [0.15, 0.2) is 18.2 Å². The maximum atomic E-state index is 12.9. The van der Waals surface area contributed by atoms with Crippen molar-refractivity contribution < 1.29 is 19.7 Å². The second-order valence-electron chi connectivity index (χ2n) is 3.20. The van der Waals surface area contributed by atoms with Crippen molar-refractivity contribution in [3.05, 3.63) is 29.6 Å². The minimum absolute atomic E-state index is 0.249. The molecule has 2 atom stereocenters. The summed E-state index contributed by atoms with van der Waals surface area (Å²) in [6.07, 6.45) is -1.73. The molecule has 1 aromatic rings. The molecule has 0 bridgehead atoms. The Morgan fingerprint density at radius 3 is 2.53 bits per heavy atom. The molecule has 84 valence electrons. The van der Waals surface area contributed by atoms with Crippen LogP contribution in [0.3, 0.4) is 0 Å². The van der Waals surface area contributed by atoms with Gasteiger partial charge in [-0.15, -0.1) is 0 Å². The molecular formula is C10H12BrFO3. The van der Waals surface area contributed by atoms with Crippen LogP contribution in [0.4, 0.5) is 4.39 Å². The van der Waals surface area contributed by atoms with Gasteiger partial charge in [0.05, 0.1) is 6.10 Å². The van der Waals surface area contributed by atoms with E-state index in [0.717, 1.165) is 12.1 Å². The SMILES string of the molecule is Oc1ccc(C(O)C(O)CCBr)cc1F. The summed E-state index contributed by atoms with van der Waals surface area (Å²) in [5.74, 6) is -1.28. The van der Waals surface area contributed by atoms with E-state index < -0.39 is 23.8 Å². The van der Waals surface area contributed by atoms with Crippen LogP contribution in [0, 0.1) is 5.82 Å². The van der Waals surface area contributed by atoms with Gasteiger partial charge in [-0.25, -0.2) is 4.39 Å². The lowest BCUT2D eigenvalue weighted by atomic mass is 10.0. The molecule has 0 aliphatic carbocycles. The van der Waals surface area contributed by atoms with Gasteiger partial charge in [0.15, 0.2) is 11.6 Å². The number of rotatable bonds is 4. The fourth-order valence-electron chi connectivity index (χ4n) is 1.20. The van der Waals surface area contributed by atoms with E-state index in [2.05, 4.69) is 15.9 Å². The predicted octanol–water partition coefficient (Wildman–Crippen LogP) is 1.71. The summed E-state index contributed by atoms with van der Waals surface area (Å²) >= 11 is 3.13. The zero-order chi connectivity index (χ0) is 11.4. The van der Waals surface area contributed by atoms with Crippen LogP contribution < -0.4 is 0 Å². The topological polar surface area (TPSA) is 60.7 Å². The number of hydrogen-bond acceptors (Lipinski definition) is 3. The molecule has 15 heavy (non-hydrogen) atoms. The highest BCUT2D eigenvalue weighted by Gasteiger charge is 2.18. The normalized spacial score (nSPS) is 14.9. The average Bonchev–Trinajstić information content (AvgIpc) is 2.21. The largest absolute Gasteiger partial charge is 0.505 e. The predicted molar refractivity (Wildman–Crippen MR) is 57.4 cm³/mol. The van der Waals surface area contributed by atoms with E-state index in [0.29, 0.717) is 11.8 Å². The van der Waals surface area contributed by atoms with Crippen molar-refractivity contribution in [2.75, 3.05) is 5.33 Å². The number of aliphatic hydroxyl groups is 2. The molecule has 1 aromatic carbocycles. The van der Waals surface area contributed by atoms with Gasteiger partial charge in [0, 0.05) is 5.33 Å². The summed E-state index contributed by atoms with van der Waals surface area (Å²) in [5.41, 5.74) is 0.249. The fraction of sp³-hybridized carbons (Fsp3) is 0.400. The number of phenolic OH excluding ortho intramolecular Hbond substituents is 1. The van der Waals surface area contributed by atoms with Crippen molar-refractivity contribution in [3.8, 4) is 5.75 Å². The first-order valence-electron chi connectivity index (χ1n) is 4.46. The molecule has 5 heteroatoms. The average molecular weight is 279 g/mol. The minimum Gasteiger partial charge on any atom is -0.505 e. The molecule has 0 radical (unpaired) electrons. The van der Waals surface area contributed by atoms with Crippen LogP contribution >= 0.6 is 15.9 Å². The van der Waals surface area contributed by atoms with E-state index in [4.69, 9.17) is 5.11 Å². The second kappa shape index (κ2) is 5.44. The third kappa shape index (κ3) is 3.15. The lowest BCUT2D eigenvalue weighted by Gasteiger charge is -2.17. The van der Waals surface area contributed by atoms with Gasteiger partial charge in [0.25, 0.3) is 0 Å². The zero-order valence-corrected chi connectivity index (χ0v) is 9.48. The number of alkyl halides is 1. The third-order valence-electron chi connectivity index (χ3n) is 2.08. The molecular weight excluding hydrogens is 267 g/mol. The van der Waals surface area contributed by atoms with E-state index in [1.54, 1.807) is 0 Å². The van der Waals surface area contributed by atoms with Crippen LogP contribution in [0.5, 0.6) is 5.75 Å². The van der Waals surface area contributed by atoms with E-state index in [1.165, 1.54) is 6.07 Å². The summed E-state index contributed by atoms with van der Waals surface area (Å²) in [6.45, 7) is 0. The number of hydrogen-bond donors (Lipinski definition) is 3. The van der Waals surface area contributed by atoms with Crippen LogP contribution in [0.1, 0.15) is 18.1 Å². The molecule has 0 aliphatic heterocycles. The third-order valence-corrected chi connectivity index (χ3v) is 2.54. The second-order valence-corrected chi connectivity index (χ2v) is 3.99. The molecule has 3 N–H and O–H groups in total. The Bertz CT molecular complexity index is 332. The maximum absolute atomic E-state index is 12.9. The lowest BCUT2D eigenvalue weighted by molar-refractivity contribution is 0.0171. The maximum Gasteiger partial charge on any atom is 0.165 e. The van der Waals surface area contributed by atoms with Crippen LogP contribution in [-0.2, 0) is 0 Å². The molecule has 3 nitrogen and oxygen atoms in total. The van der Waals surface area contributed by atoms with Gasteiger partial charge in [-0.2, -0.15) is 0 Å². The molecule has 0 aliphatic rings. The fourth-order valence-corrected chi connectivity index (χ4v) is 1.67. The Kier molecular flexibility index (Phi) is 4.50. The number of phenols is 1. The number of benzene rings is 1. The molecule has 0 fully saturated rings. The molecule has 2 unspecified atom stereocenters. The summed E-state index contributed by atoms with van der Waals surface area (Å²) in [6, 6.07) is 3.53. The molecule has 0 aromatic heterocycles. The van der Waals surface area contributed by atoms with Crippen molar-refractivity contribution in [1.29, 1.82) is 0 Å². The molecule has 0 spiro atoms. The lowest BCUT2D eigenvalue weighted by Crippen LogP contribution is -2.18. The van der Waals surface area contributed by atoms with E-state index in [9.17, 15) is 14.6 Å². The highest BCUT2D eigenvalue weighted by Crippen LogP contribution is 2.24. The van der Waals surface area contributed by atoms with Crippen LogP contribution in [-0.4, -0.2) is 26.8 Å². The van der Waals surface area contributed by atoms with E-state index in [-0.39, 0.29) is 5.56 Å². The molecule has 0 heterocycles.